The third-order valence-electron chi connectivity index (χ3n) is 2.30. The number of ether oxygens (including phenoxy) is 1. The Morgan fingerprint density at radius 1 is 1.53 bits per heavy atom. The van der Waals surface area contributed by atoms with Gasteiger partial charge in [-0.15, -0.1) is 0 Å². The third-order valence-corrected chi connectivity index (χ3v) is 3.19. The zero-order valence-electron chi connectivity index (χ0n) is 7.51. The van der Waals surface area contributed by atoms with Gasteiger partial charge < -0.3 is 4.74 Å². The fraction of sp³-hybridized carbons (Fsp3) is 0.333. The van der Waals surface area contributed by atoms with Crippen LogP contribution >= 0.6 is 28.7 Å². The Kier molecular flexibility index (Phi) is 3.18. The molecule has 0 amide bonds. The van der Waals surface area contributed by atoms with Crippen molar-refractivity contribution in [3.63, 3.8) is 0 Å². The van der Waals surface area contributed by atoms with E-state index in [1.807, 2.05) is 0 Å². The first-order valence-electron chi connectivity index (χ1n) is 4.29. The molecule has 0 aliphatic carbocycles. The molecule has 0 radical (unpaired) electrons. The number of fused-ring (bicyclic) bond motifs is 1. The minimum absolute atomic E-state index is 0.0878. The predicted molar refractivity (Wildman–Crippen MR) is 59.4 cm³/mol. The summed E-state index contributed by atoms with van der Waals surface area (Å²) in [5.41, 5.74) is 0.449. The number of benzene rings is 1. The third kappa shape index (κ3) is 1.86. The van der Waals surface area contributed by atoms with Crippen LogP contribution in [-0.2, 0) is 0 Å². The molecular formula is C9H8BrF2NOS. The van der Waals surface area contributed by atoms with E-state index in [-0.39, 0.29) is 12.4 Å². The lowest BCUT2D eigenvalue weighted by atomic mass is 10.00. The first kappa shape index (κ1) is 11.2. The van der Waals surface area contributed by atoms with E-state index in [9.17, 15) is 8.78 Å². The highest BCUT2D eigenvalue weighted by Crippen LogP contribution is 2.38. The monoisotopic (exact) mass is 295 g/mol. The van der Waals surface area contributed by atoms with Gasteiger partial charge in [0.1, 0.15) is 6.61 Å². The zero-order valence-corrected chi connectivity index (χ0v) is 9.99. The molecule has 0 spiro atoms. The van der Waals surface area contributed by atoms with E-state index in [1.165, 1.54) is 6.07 Å². The second-order valence-electron chi connectivity index (χ2n) is 3.21. The molecule has 0 aromatic heterocycles. The van der Waals surface area contributed by atoms with E-state index >= 15 is 0 Å². The second-order valence-corrected chi connectivity index (χ2v) is 4.33. The van der Waals surface area contributed by atoms with Gasteiger partial charge in [0.25, 0.3) is 0 Å². The summed E-state index contributed by atoms with van der Waals surface area (Å²) < 4.78 is 34.8. The van der Waals surface area contributed by atoms with Crippen LogP contribution in [0.2, 0.25) is 0 Å². The summed E-state index contributed by atoms with van der Waals surface area (Å²) in [6, 6.07) is 2.50. The Hall–Kier alpha value is -0.330. The standard InChI is InChI=1S/C9H8BrF2NOS/c10-5-2-1-4-8(13-15)6(11)3-14-9(4)7(5)12/h1-2,6,8,13,15H,3H2. The molecule has 0 saturated carbocycles. The molecular weight excluding hydrogens is 288 g/mol. The van der Waals surface area contributed by atoms with Crippen LogP contribution in [0.15, 0.2) is 16.6 Å². The van der Waals surface area contributed by atoms with Crippen molar-refractivity contribution in [3.8, 4) is 5.75 Å². The SMILES string of the molecule is Fc1c(Br)ccc2c1OCC(F)C2NS. The Labute approximate surface area is 99.7 Å². The number of halogens is 3. The Morgan fingerprint density at radius 2 is 2.27 bits per heavy atom. The molecule has 1 aliphatic rings. The smallest absolute Gasteiger partial charge is 0.179 e. The highest BCUT2D eigenvalue weighted by Gasteiger charge is 2.32. The summed E-state index contributed by atoms with van der Waals surface area (Å²) in [4.78, 5) is 0. The largest absolute Gasteiger partial charge is 0.487 e. The highest BCUT2D eigenvalue weighted by atomic mass is 79.9. The van der Waals surface area contributed by atoms with Crippen molar-refractivity contribution in [1.29, 1.82) is 0 Å². The van der Waals surface area contributed by atoms with Gasteiger partial charge in [-0.1, -0.05) is 18.9 Å². The average molecular weight is 296 g/mol. The molecule has 1 N–H and O–H groups in total. The molecule has 0 bridgehead atoms. The zero-order chi connectivity index (χ0) is 11.0. The Morgan fingerprint density at radius 3 is 2.93 bits per heavy atom. The van der Waals surface area contributed by atoms with Crippen molar-refractivity contribution in [3.05, 3.63) is 28.0 Å². The molecule has 2 nitrogen and oxygen atoms in total. The second kappa shape index (κ2) is 4.27. The number of nitrogens with one attached hydrogen (secondary N) is 1. The maximum Gasteiger partial charge on any atom is 0.179 e. The van der Waals surface area contributed by atoms with Gasteiger partial charge in [-0.25, -0.2) is 8.78 Å². The lowest BCUT2D eigenvalue weighted by Crippen LogP contribution is -2.33. The molecule has 2 unspecified atom stereocenters. The van der Waals surface area contributed by atoms with Crippen LogP contribution in [-0.4, -0.2) is 12.8 Å². The Bertz CT molecular complexity index is 391. The minimum atomic E-state index is -1.23. The van der Waals surface area contributed by atoms with Gasteiger partial charge in [0.15, 0.2) is 17.7 Å². The summed E-state index contributed by atoms with van der Waals surface area (Å²) in [5.74, 6) is -0.419. The van der Waals surface area contributed by atoms with Crippen molar-refractivity contribution >= 4 is 28.7 Å². The van der Waals surface area contributed by atoms with Gasteiger partial charge in [0, 0.05) is 5.56 Å². The van der Waals surface area contributed by atoms with E-state index < -0.39 is 18.0 Å². The number of hydrogen-bond acceptors (Lipinski definition) is 3. The summed E-state index contributed by atoms with van der Waals surface area (Å²) in [5, 5.41) is 0. The summed E-state index contributed by atoms with van der Waals surface area (Å²) in [6.07, 6.45) is -1.23. The number of hydrogen-bond donors (Lipinski definition) is 2. The molecule has 0 saturated heterocycles. The van der Waals surface area contributed by atoms with Crippen molar-refractivity contribution < 1.29 is 13.5 Å². The fourth-order valence-corrected chi connectivity index (χ4v) is 2.16. The molecule has 0 fully saturated rings. The lowest BCUT2D eigenvalue weighted by molar-refractivity contribution is 0.136. The van der Waals surface area contributed by atoms with Crippen LogP contribution < -0.4 is 9.46 Å². The van der Waals surface area contributed by atoms with Gasteiger partial charge in [-0.2, -0.15) is 0 Å². The van der Waals surface area contributed by atoms with Crippen LogP contribution in [0.25, 0.3) is 0 Å². The molecule has 2 rings (SSSR count). The van der Waals surface area contributed by atoms with Crippen LogP contribution in [0, 0.1) is 5.82 Å². The van der Waals surface area contributed by atoms with Crippen molar-refractivity contribution in [2.24, 2.45) is 0 Å². The van der Waals surface area contributed by atoms with E-state index in [4.69, 9.17) is 4.74 Å². The first-order valence-corrected chi connectivity index (χ1v) is 5.53. The van der Waals surface area contributed by atoms with Crippen LogP contribution in [0.4, 0.5) is 8.78 Å². The fourth-order valence-electron chi connectivity index (χ4n) is 1.54. The molecule has 1 aliphatic heterocycles. The topological polar surface area (TPSA) is 21.3 Å². The molecule has 15 heavy (non-hydrogen) atoms. The van der Waals surface area contributed by atoms with Gasteiger partial charge in [0.05, 0.1) is 10.5 Å². The molecule has 2 atom stereocenters. The summed E-state index contributed by atoms with van der Waals surface area (Å²) >= 11 is 6.87. The van der Waals surface area contributed by atoms with Crippen molar-refractivity contribution in [2.75, 3.05) is 6.61 Å². The van der Waals surface area contributed by atoms with Gasteiger partial charge >= 0.3 is 0 Å². The van der Waals surface area contributed by atoms with E-state index in [0.717, 1.165) is 0 Å². The van der Waals surface area contributed by atoms with E-state index in [1.54, 1.807) is 6.07 Å². The van der Waals surface area contributed by atoms with E-state index in [0.29, 0.717) is 10.0 Å². The molecule has 6 heteroatoms. The lowest BCUT2D eigenvalue weighted by Gasteiger charge is -2.28. The number of thiol groups is 1. The summed E-state index contributed by atoms with van der Waals surface area (Å²) in [6.45, 7) is -0.168. The molecule has 82 valence electrons. The van der Waals surface area contributed by atoms with Crippen LogP contribution in [0.3, 0.4) is 0 Å². The van der Waals surface area contributed by atoms with Crippen LogP contribution in [0.5, 0.6) is 5.75 Å². The summed E-state index contributed by atoms with van der Waals surface area (Å²) in [7, 11) is 0. The quantitative estimate of drug-likeness (QED) is 0.778. The maximum atomic E-state index is 13.6. The van der Waals surface area contributed by atoms with Crippen molar-refractivity contribution in [1.82, 2.24) is 4.72 Å². The maximum absolute atomic E-state index is 13.6. The van der Waals surface area contributed by atoms with Gasteiger partial charge in [0.2, 0.25) is 0 Å². The number of alkyl halides is 1. The average Bonchev–Trinajstić information content (AvgIpc) is 2.23. The predicted octanol–water partition coefficient (Wildman–Crippen LogP) is 2.79. The molecule has 1 aromatic carbocycles. The van der Waals surface area contributed by atoms with Gasteiger partial charge in [-0.05, 0) is 22.0 Å². The Balaban J connectivity index is 2.51. The first-order chi connectivity index (χ1) is 7.15. The van der Waals surface area contributed by atoms with Gasteiger partial charge in [-0.3, -0.25) is 4.72 Å². The highest BCUT2D eigenvalue weighted by molar-refractivity contribution is 9.10. The van der Waals surface area contributed by atoms with Crippen LogP contribution in [0.1, 0.15) is 11.6 Å². The molecule has 1 aromatic rings. The normalized spacial score (nSPS) is 24.5. The van der Waals surface area contributed by atoms with E-state index in [2.05, 4.69) is 33.5 Å². The molecule has 1 heterocycles. The van der Waals surface area contributed by atoms with Crippen molar-refractivity contribution in [2.45, 2.75) is 12.2 Å². The minimum Gasteiger partial charge on any atom is -0.487 e. The number of rotatable bonds is 1.